The summed E-state index contributed by atoms with van der Waals surface area (Å²) in [7, 11) is 0. The van der Waals surface area contributed by atoms with E-state index in [1.54, 1.807) is 33.9 Å². The maximum absolute atomic E-state index is 13.1. The minimum Gasteiger partial charge on any atom is -0.306 e. The van der Waals surface area contributed by atoms with Crippen molar-refractivity contribution in [3.05, 3.63) is 94.7 Å². The highest BCUT2D eigenvalue weighted by Gasteiger charge is 2.17. The van der Waals surface area contributed by atoms with Crippen LogP contribution in [0, 0.1) is 19.7 Å². The number of carbonyl (C=O) groups is 1. The number of nitrogens with one attached hydrogen (secondary N) is 1. The van der Waals surface area contributed by atoms with Crippen molar-refractivity contribution >= 4 is 34.4 Å². The Balaban J connectivity index is 1.36. The van der Waals surface area contributed by atoms with Crippen LogP contribution in [0.4, 0.5) is 10.2 Å². The zero-order valence-electron chi connectivity index (χ0n) is 19.2. The van der Waals surface area contributed by atoms with Crippen molar-refractivity contribution in [3.63, 3.8) is 0 Å². The van der Waals surface area contributed by atoms with E-state index in [4.69, 9.17) is 11.6 Å². The average molecular weight is 489 g/mol. The van der Waals surface area contributed by atoms with E-state index in [2.05, 4.69) is 45.6 Å². The van der Waals surface area contributed by atoms with Gasteiger partial charge in [0, 0.05) is 17.8 Å². The summed E-state index contributed by atoms with van der Waals surface area (Å²) in [5.41, 5.74) is 5.53. The van der Waals surface area contributed by atoms with E-state index >= 15 is 0 Å². The van der Waals surface area contributed by atoms with Crippen molar-refractivity contribution in [1.29, 1.82) is 0 Å². The first-order valence-electron chi connectivity index (χ1n) is 11.0. The largest absolute Gasteiger partial charge is 0.306 e. The molecule has 1 amide bonds. The number of rotatable bonds is 6. The van der Waals surface area contributed by atoms with Crippen molar-refractivity contribution in [1.82, 2.24) is 24.5 Å². The van der Waals surface area contributed by atoms with Gasteiger partial charge in [-0.2, -0.15) is 10.2 Å². The van der Waals surface area contributed by atoms with Crippen molar-refractivity contribution in [3.8, 4) is 11.1 Å². The number of hydrogen-bond donors (Lipinski definition) is 1. The fourth-order valence-corrected chi connectivity index (χ4v) is 4.29. The first-order valence-corrected chi connectivity index (χ1v) is 11.4. The molecule has 7 nitrogen and oxygen atoms in total. The normalized spacial score (nSPS) is 11.2. The van der Waals surface area contributed by atoms with Gasteiger partial charge < -0.3 is 5.32 Å². The Morgan fingerprint density at radius 2 is 1.89 bits per heavy atom. The van der Waals surface area contributed by atoms with Gasteiger partial charge in [-0.15, -0.1) is 0 Å². The summed E-state index contributed by atoms with van der Waals surface area (Å²) in [6.45, 7) is 4.31. The van der Waals surface area contributed by atoms with Gasteiger partial charge in [-0.25, -0.2) is 14.1 Å². The minimum absolute atomic E-state index is 0.0459. The predicted octanol–water partition coefficient (Wildman–Crippen LogP) is 5.39. The van der Waals surface area contributed by atoms with Gasteiger partial charge in [-0.05, 0) is 48.7 Å². The number of anilines is 1. The minimum atomic E-state index is -0.328. The molecule has 0 aliphatic heterocycles. The fourth-order valence-electron chi connectivity index (χ4n) is 4.09. The number of benzene rings is 2. The lowest BCUT2D eigenvalue weighted by Crippen LogP contribution is -2.20. The lowest BCUT2D eigenvalue weighted by Gasteiger charge is -2.07. The van der Waals surface area contributed by atoms with Crippen LogP contribution in [0.1, 0.15) is 16.8 Å². The average Bonchev–Trinajstić information content (AvgIpc) is 3.33. The van der Waals surface area contributed by atoms with E-state index in [0.29, 0.717) is 17.2 Å². The molecule has 0 bridgehead atoms. The van der Waals surface area contributed by atoms with E-state index in [1.807, 2.05) is 19.1 Å². The van der Waals surface area contributed by atoms with Crippen LogP contribution in [-0.2, 0) is 17.9 Å². The van der Waals surface area contributed by atoms with Gasteiger partial charge in [0.2, 0.25) is 5.91 Å². The topological polar surface area (TPSA) is 77.6 Å². The van der Waals surface area contributed by atoms with Crippen molar-refractivity contribution in [2.24, 2.45) is 0 Å². The van der Waals surface area contributed by atoms with Crippen LogP contribution >= 0.6 is 11.6 Å². The number of fused-ring (bicyclic) bond motifs is 1. The smallest absolute Gasteiger partial charge is 0.247 e. The Hall–Kier alpha value is -4.04. The molecule has 0 aliphatic rings. The molecule has 0 atom stereocenters. The molecule has 176 valence electrons. The maximum Gasteiger partial charge on any atom is 0.247 e. The molecule has 0 saturated carbocycles. The number of hydrogen-bond acceptors (Lipinski definition) is 4. The molecular weight excluding hydrogens is 467 g/mol. The van der Waals surface area contributed by atoms with Crippen LogP contribution < -0.4 is 5.32 Å². The fraction of sp³-hybridized carbons (Fsp3) is 0.154. The molecule has 3 heterocycles. The van der Waals surface area contributed by atoms with Crippen LogP contribution in [0.5, 0.6) is 0 Å². The molecule has 0 radical (unpaired) electrons. The zero-order chi connectivity index (χ0) is 24.5. The maximum atomic E-state index is 13.1. The molecule has 0 saturated heterocycles. The third kappa shape index (κ3) is 4.79. The number of aryl methyl sites for hydroxylation is 2. The van der Waals surface area contributed by atoms with E-state index in [0.717, 1.165) is 33.3 Å². The van der Waals surface area contributed by atoms with Crippen molar-refractivity contribution in [2.75, 3.05) is 5.32 Å². The van der Waals surface area contributed by atoms with Crippen molar-refractivity contribution in [2.45, 2.75) is 26.9 Å². The van der Waals surface area contributed by atoms with Gasteiger partial charge in [0.15, 0.2) is 11.5 Å². The molecular formula is C26H22ClFN6O. The standard InChI is InChI=1S/C26H22ClFN6O/c1-16-4-3-5-19(12-16)21-10-11-29-26-24(21)17(2)31-34(26)15-23(35)30-25-22(27)14-33(32-25)13-18-6-8-20(28)9-7-18/h3-12,14H,13,15H2,1-2H3,(H,30,32,35). The number of amides is 1. The van der Waals surface area contributed by atoms with Crippen LogP contribution in [0.25, 0.3) is 22.2 Å². The quantitative estimate of drug-likeness (QED) is 0.347. The second kappa shape index (κ2) is 9.31. The molecule has 0 spiro atoms. The Bertz CT molecular complexity index is 1540. The molecule has 0 fully saturated rings. The Labute approximate surface area is 206 Å². The first kappa shape index (κ1) is 22.7. The lowest BCUT2D eigenvalue weighted by molar-refractivity contribution is -0.116. The van der Waals surface area contributed by atoms with Gasteiger partial charge in [-0.3, -0.25) is 9.48 Å². The summed E-state index contributed by atoms with van der Waals surface area (Å²) in [6, 6.07) is 16.3. The number of aromatic nitrogens is 5. The Kier molecular flexibility index (Phi) is 6.05. The summed E-state index contributed by atoms with van der Waals surface area (Å²) in [5.74, 6) is -0.381. The molecule has 3 aromatic heterocycles. The molecule has 2 aromatic carbocycles. The highest BCUT2D eigenvalue weighted by atomic mass is 35.5. The third-order valence-corrected chi connectivity index (χ3v) is 5.94. The SMILES string of the molecule is Cc1cccc(-c2ccnc3c2c(C)nn3CC(=O)Nc2nn(Cc3ccc(F)cc3)cc2Cl)c1. The monoisotopic (exact) mass is 488 g/mol. The third-order valence-electron chi connectivity index (χ3n) is 5.66. The van der Waals surface area contributed by atoms with Crippen LogP contribution in [0.2, 0.25) is 5.02 Å². The summed E-state index contributed by atoms with van der Waals surface area (Å²) in [4.78, 5) is 17.3. The van der Waals surface area contributed by atoms with E-state index in [-0.39, 0.29) is 24.1 Å². The first-order chi connectivity index (χ1) is 16.9. The summed E-state index contributed by atoms with van der Waals surface area (Å²) >= 11 is 6.29. The zero-order valence-corrected chi connectivity index (χ0v) is 19.9. The van der Waals surface area contributed by atoms with Gasteiger partial charge in [0.1, 0.15) is 17.4 Å². The predicted molar refractivity (Wildman–Crippen MR) is 134 cm³/mol. The summed E-state index contributed by atoms with van der Waals surface area (Å²) < 4.78 is 16.3. The summed E-state index contributed by atoms with van der Waals surface area (Å²) in [5, 5.41) is 12.9. The van der Waals surface area contributed by atoms with Crippen molar-refractivity contribution < 1.29 is 9.18 Å². The van der Waals surface area contributed by atoms with Crippen LogP contribution in [-0.4, -0.2) is 30.5 Å². The number of halogens is 2. The van der Waals surface area contributed by atoms with E-state index in [1.165, 1.54) is 12.1 Å². The van der Waals surface area contributed by atoms with Crippen LogP contribution in [0.3, 0.4) is 0 Å². The lowest BCUT2D eigenvalue weighted by atomic mass is 10.0. The second-order valence-corrected chi connectivity index (χ2v) is 8.77. The molecule has 0 aliphatic carbocycles. The number of carbonyl (C=O) groups excluding carboxylic acids is 1. The highest BCUT2D eigenvalue weighted by Crippen LogP contribution is 2.30. The number of nitrogens with zero attached hydrogens (tertiary/aromatic N) is 5. The van der Waals surface area contributed by atoms with Gasteiger partial charge in [0.05, 0.1) is 12.2 Å². The van der Waals surface area contributed by atoms with Crippen LogP contribution in [0.15, 0.2) is 67.0 Å². The molecule has 0 unspecified atom stereocenters. The van der Waals surface area contributed by atoms with Gasteiger partial charge in [-0.1, -0.05) is 53.6 Å². The van der Waals surface area contributed by atoms with Gasteiger partial charge in [0.25, 0.3) is 0 Å². The molecule has 35 heavy (non-hydrogen) atoms. The Morgan fingerprint density at radius 3 is 2.66 bits per heavy atom. The molecule has 9 heteroatoms. The van der Waals surface area contributed by atoms with E-state index in [9.17, 15) is 9.18 Å². The van der Waals surface area contributed by atoms with Gasteiger partial charge >= 0.3 is 0 Å². The number of pyridine rings is 1. The highest BCUT2D eigenvalue weighted by molar-refractivity contribution is 6.33. The second-order valence-electron chi connectivity index (χ2n) is 8.37. The molecule has 5 aromatic rings. The molecule has 5 rings (SSSR count). The molecule has 1 N–H and O–H groups in total. The van der Waals surface area contributed by atoms with E-state index < -0.39 is 0 Å². The summed E-state index contributed by atoms with van der Waals surface area (Å²) in [6.07, 6.45) is 3.34. The Morgan fingerprint density at radius 1 is 1.09 bits per heavy atom.